The zero-order chi connectivity index (χ0) is 12.6. The van der Waals surface area contributed by atoms with Crippen LogP contribution in [0.1, 0.15) is 38.5 Å². The van der Waals surface area contributed by atoms with Gasteiger partial charge in [-0.05, 0) is 36.8 Å². The van der Waals surface area contributed by atoms with Gasteiger partial charge in [-0.1, -0.05) is 0 Å². The van der Waals surface area contributed by atoms with Gasteiger partial charge in [0.1, 0.15) is 9.75 Å². The lowest BCUT2D eigenvalue weighted by molar-refractivity contribution is -0.135. The number of carbonyl (C=O) groups is 1. The van der Waals surface area contributed by atoms with E-state index in [9.17, 15) is 18.0 Å². The lowest BCUT2D eigenvalue weighted by atomic mass is 9.92. The van der Waals surface area contributed by atoms with Crippen LogP contribution in [-0.2, 0) is 23.8 Å². The van der Waals surface area contributed by atoms with Gasteiger partial charge in [-0.3, -0.25) is 0 Å². The van der Waals surface area contributed by atoms with Crippen LogP contribution in [0.15, 0.2) is 0 Å². The first-order valence-corrected chi connectivity index (χ1v) is 6.07. The Labute approximate surface area is 100 Å². The molecule has 0 aromatic carbocycles. The highest BCUT2D eigenvalue weighted by atomic mass is 32.1. The Bertz CT molecular complexity index is 448. The Morgan fingerprint density at radius 2 is 1.82 bits per heavy atom. The largest absolute Gasteiger partial charge is 0.465 e. The topological polar surface area (TPSA) is 26.3 Å². The van der Waals surface area contributed by atoms with Crippen LogP contribution < -0.4 is 0 Å². The van der Waals surface area contributed by atoms with Crippen LogP contribution in [0.4, 0.5) is 13.2 Å². The molecule has 1 heterocycles. The maximum Gasteiger partial charge on any atom is 0.425 e. The molecular formula is C11H11F3O2S. The molecule has 0 N–H and O–H groups in total. The van der Waals surface area contributed by atoms with E-state index in [0.29, 0.717) is 35.3 Å². The van der Waals surface area contributed by atoms with Crippen LogP contribution >= 0.6 is 11.3 Å². The predicted molar refractivity (Wildman–Crippen MR) is 57.3 cm³/mol. The van der Waals surface area contributed by atoms with Gasteiger partial charge < -0.3 is 4.74 Å². The number of alkyl halides is 3. The molecule has 94 valence electrons. The van der Waals surface area contributed by atoms with E-state index in [1.165, 1.54) is 7.11 Å². The van der Waals surface area contributed by atoms with E-state index in [0.717, 1.165) is 12.8 Å². The fraction of sp³-hybridized carbons (Fsp3) is 0.545. The third kappa shape index (κ3) is 2.18. The minimum absolute atomic E-state index is 0.120. The van der Waals surface area contributed by atoms with Crippen molar-refractivity contribution in [2.45, 2.75) is 31.9 Å². The fourth-order valence-corrected chi connectivity index (χ4v) is 3.30. The molecule has 0 amide bonds. The van der Waals surface area contributed by atoms with Crippen molar-refractivity contribution < 1.29 is 22.7 Å². The van der Waals surface area contributed by atoms with Crippen LogP contribution in [-0.4, -0.2) is 13.1 Å². The quantitative estimate of drug-likeness (QED) is 0.726. The smallest absolute Gasteiger partial charge is 0.425 e. The van der Waals surface area contributed by atoms with E-state index < -0.39 is 17.0 Å². The summed E-state index contributed by atoms with van der Waals surface area (Å²) in [6, 6.07) is 0. The molecule has 0 aliphatic heterocycles. The molecule has 0 saturated carbocycles. The summed E-state index contributed by atoms with van der Waals surface area (Å²) in [6.07, 6.45) is -1.87. The van der Waals surface area contributed by atoms with Crippen molar-refractivity contribution >= 4 is 17.3 Å². The molecule has 0 atom stereocenters. The molecule has 1 aromatic heterocycles. The molecule has 0 radical (unpaired) electrons. The van der Waals surface area contributed by atoms with E-state index in [2.05, 4.69) is 4.74 Å². The number of carbonyl (C=O) groups excluding carboxylic acids is 1. The zero-order valence-corrected chi connectivity index (χ0v) is 10.0. The third-order valence-corrected chi connectivity index (χ3v) is 4.15. The number of esters is 1. The molecule has 17 heavy (non-hydrogen) atoms. The van der Waals surface area contributed by atoms with Gasteiger partial charge in [0, 0.05) is 0 Å². The molecule has 2 rings (SSSR count). The molecular weight excluding hydrogens is 253 g/mol. The van der Waals surface area contributed by atoms with Gasteiger partial charge in [-0.25, -0.2) is 4.79 Å². The van der Waals surface area contributed by atoms with Crippen LogP contribution in [0.3, 0.4) is 0 Å². The lowest BCUT2D eigenvalue weighted by Crippen LogP contribution is -2.10. The van der Waals surface area contributed by atoms with Crippen molar-refractivity contribution in [1.29, 1.82) is 0 Å². The number of halogens is 3. The SMILES string of the molecule is COC(=O)c1sc(C(F)(F)F)c2c1CCCC2. The van der Waals surface area contributed by atoms with E-state index >= 15 is 0 Å². The molecule has 6 heteroatoms. The predicted octanol–water partition coefficient (Wildman–Crippen LogP) is 3.43. The summed E-state index contributed by atoms with van der Waals surface area (Å²) in [7, 11) is 1.19. The van der Waals surface area contributed by atoms with Crippen molar-refractivity contribution in [3.05, 3.63) is 20.9 Å². The first-order valence-electron chi connectivity index (χ1n) is 5.25. The number of hydrogen-bond acceptors (Lipinski definition) is 3. The summed E-state index contributed by atoms with van der Waals surface area (Å²) in [5, 5.41) is 0. The van der Waals surface area contributed by atoms with Crippen molar-refractivity contribution in [2.24, 2.45) is 0 Å². The van der Waals surface area contributed by atoms with E-state index in [4.69, 9.17) is 0 Å². The first kappa shape index (κ1) is 12.4. The van der Waals surface area contributed by atoms with Crippen LogP contribution in [0.5, 0.6) is 0 Å². The molecule has 1 aliphatic carbocycles. The second-order valence-corrected chi connectivity index (χ2v) is 4.93. The summed E-state index contributed by atoms with van der Waals surface area (Å²) in [6.45, 7) is 0. The number of fused-ring (bicyclic) bond motifs is 1. The van der Waals surface area contributed by atoms with Gasteiger partial charge in [0.2, 0.25) is 0 Å². The summed E-state index contributed by atoms with van der Waals surface area (Å²) in [4.78, 5) is 10.9. The molecule has 1 aromatic rings. The minimum atomic E-state index is -4.38. The van der Waals surface area contributed by atoms with E-state index in [-0.39, 0.29) is 4.88 Å². The maximum atomic E-state index is 12.8. The van der Waals surface area contributed by atoms with Crippen LogP contribution in [0, 0.1) is 0 Å². The van der Waals surface area contributed by atoms with Crippen molar-refractivity contribution in [3.8, 4) is 0 Å². The number of ether oxygens (including phenoxy) is 1. The second-order valence-electron chi connectivity index (χ2n) is 3.91. The molecule has 2 nitrogen and oxygen atoms in total. The first-order chi connectivity index (χ1) is 7.95. The highest BCUT2D eigenvalue weighted by Gasteiger charge is 2.39. The normalized spacial score (nSPS) is 15.5. The van der Waals surface area contributed by atoms with Crippen molar-refractivity contribution in [3.63, 3.8) is 0 Å². The summed E-state index contributed by atoms with van der Waals surface area (Å²) in [5.74, 6) is -0.663. The molecule has 0 unspecified atom stereocenters. The summed E-state index contributed by atoms with van der Waals surface area (Å²) < 4.78 is 43.0. The third-order valence-electron chi connectivity index (χ3n) is 2.85. The Hall–Kier alpha value is -1.04. The Kier molecular flexibility index (Phi) is 3.16. The van der Waals surface area contributed by atoms with Gasteiger partial charge in [0.15, 0.2) is 0 Å². The van der Waals surface area contributed by atoms with Crippen LogP contribution in [0.25, 0.3) is 0 Å². The van der Waals surface area contributed by atoms with Crippen LogP contribution in [0.2, 0.25) is 0 Å². The number of rotatable bonds is 1. The maximum absolute atomic E-state index is 12.8. The summed E-state index contributed by atoms with van der Waals surface area (Å²) >= 11 is 0.515. The Morgan fingerprint density at radius 3 is 2.35 bits per heavy atom. The van der Waals surface area contributed by atoms with E-state index in [1.807, 2.05) is 0 Å². The minimum Gasteiger partial charge on any atom is -0.465 e. The van der Waals surface area contributed by atoms with Crippen molar-refractivity contribution in [1.82, 2.24) is 0 Å². The van der Waals surface area contributed by atoms with Gasteiger partial charge in [-0.15, -0.1) is 11.3 Å². The number of hydrogen-bond donors (Lipinski definition) is 0. The highest BCUT2D eigenvalue weighted by Crippen LogP contribution is 2.43. The van der Waals surface area contributed by atoms with Gasteiger partial charge in [0.25, 0.3) is 0 Å². The standard InChI is InChI=1S/C11H11F3O2S/c1-16-10(15)8-6-4-2-3-5-7(6)9(17-8)11(12,13)14/h2-5H2,1H3. The number of methoxy groups -OCH3 is 1. The number of thiophene rings is 1. The highest BCUT2D eigenvalue weighted by molar-refractivity contribution is 7.14. The molecule has 1 aliphatic rings. The molecule has 0 fully saturated rings. The van der Waals surface area contributed by atoms with Crippen molar-refractivity contribution in [2.75, 3.05) is 7.11 Å². The zero-order valence-electron chi connectivity index (χ0n) is 9.19. The molecule has 0 spiro atoms. The Balaban J connectivity index is 2.55. The fourth-order valence-electron chi connectivity index (χ4n) is 2.12. The van der Waals surface area contributed by atoms with E-state index in [1.54, 1.807) is 0 Å². The average Bonchev–Trinajstić information content (AvgIpc) is 2.67. The van der Waals surface area contributed by atoms with Gasteiger partial charge >= 0.3 is 12.1 Å². The molecule has 0 bridgehead atoms. The van der Waals surface area contributed by atoms with Gasteiger partial charge in [-0.2, -0.15) is 13.2 Å². The average molecular weight is 264 g/mol. The lowest BCUT2D eigenvalue weighted by Gasteiger charge is -2.14. The summed E-state index contributed by atoms with van der Waals surface area (Å²) in [5.41, 5.74) is 0.842. The monoisotopic (exact) mass is 264 g/mol. The second kappa shape index (κ2) is 4.33. The molecule has 0 saturated heterocycles. The Morgan fingerprint density at radius 1 is 1.24 bits per heavy atom. The van der Waals surface area contributed by atoms with Gasteiger partial charge in [0.05, 0.1) is 7.11 Å².